The molecule has 174 valence electrons. The molecule has 34 heavy (non-hydrogen) atoms. The van der Waals surface area contributed by atoms with Crippen LogP contribution in [0.4, 0.5) is 4.79 Å². The van der Waals surface area contributed by atoms with Crippen LogP contribution in [0.15, 0.2) is 60.7 Å². The fourth-order valence-electron chi connectivity index (χ4n) is 5.80. The van der Waals surface area contributed by atoms with Crippen LogP contribution in [-0.4, -0.2) is 58.2 Å². The van der Waals surface area contributed by atoms with Crippen molar-refractivity contribution in [3.63, 3.8) is 0 Å². The van der Waals surface area contributed by atoms with Crippen LogP contribution in [0.3, 0.4) is 0 Å². The van der Waals surface area contributed by atoms with Gasteiger partial charge in [0.25, 0.3) is 0 Å². The smallest absolute Gasteiger partial charge is 0.410 e. The Morgan fingerprint density at radius 1 is 1.00 bits per heavy atom. The summed E-state index contributed by atoms with van der Waals surface area (Å²) in [6.45, 7) is 2.87. The second-order valence-electron chi connectivity index (χ2n) is 9.56. The molecule has 2 aliphatic heterocycles. The number of hydrogen-bond acceptors (Lipinski definition) is 6. The number of rotatable bonds is 3. The van der Waals surface area contributed by atoms with Crippen molar-refractivity contribution in [1.29, 1.82) is 0 Å². The molecule has 3 aromatic rings. The molecule has 2 saturated heterocycles. The van der Waals surface area contributed by atoms with Crippen LogP contribution in [-0.2, 0) is 15.1 Å². The van der Waals surface area contributed by atoms with Crippen molar-refractivity contribution >= 4 is 6.09 Å². The number of ether oxygens (including phenoxy) is 2. The quantitative estimate of drug-likeness (QED) is 0.644. The minimum atomic E-state index is -1.14. The van der Waals surface area contributed by atoms with E-state index < -0.39 is 5.60 Å². The van der Waals surface area contributed by atoms with E-state index in [4.69, 9.17) is 9.47 Å². The summed E-state index contributed by atoms with van der Waals surface area (Å²) in [6, 6.07) is 19.7. The lowest BCUT2D eigenvalue weighted by Gasteiger charge is -2.50. The molecule has 2 bridgehead atoms. The number of nitrogens with zero attached hydrogens (tertiary/aromatic N) is 3. The number of aromatic nitrogens is 2. The minimum Gasteiger partial charge on any atom is -0.448 e. The summed E-state index contributed by atoms with van der Waals surface area (Å²) < 4.78 is 11.7. The third-order valence-corrected chi connectivity index (χ3v) is 7.38. The van der Waals surface area contributed by atoms with Crippen molar-refractivity contribution in [3.05, 3.63) is 83.2 Å². The topological polar surface area (TPSA) is 84.8 Å². The second-order valence-corrected chi connectivity index (χ2v) is 9.56. The van der Waals surface area contributed by atoms with Gasteiger partial charge in [0, 0.05) is 18.8 Å². The monoisotopic (exact) mass is 457 g/mol. The minimum absolute atomic E-state index is 0.0111. The zero-order valence-corrected chi connectivity index (χ0v) is 19.1. The summed E-state index contributed by atoms with van der Waals surface area (Å²) in [5, 5.41) is 19.8. The summed E-state index contributed by atoms with van der Waals surface area (Å²) in [6.07, 6.45) is 0.328. The Labute approximate surface area is 198 Å². The van der Waals surface area contributed by atoms with E-state index in [1.54, 1.807) is 4.90 Å². The van der Waals surface area contributed by atoms with Crippen LogP contribution in [0.1, 0.15) is 41.3 Å². The zero-order valence-electron chi connectivity index (χ0n) is 19.1. The molecule has 0 saturated carbocycles. The number of aryl methyl sites for hydroxylation is 1. The van der Waals surface area contributed by atoms with E-state index in [0.717, 1.165) is 5.69 Å². The first-order chi connectivity index (χ1) is 16.5. The second kappa shape index (κ2) is 8.18. The molecular formula is C27H27N3O4. The molecule has 7 nitrogen and oxygen atoms in total. The molecule has 2 unspecified atom stereocenters. The Morgan fingerprint density at radius 2 is 1.62 bits per heavy atom. The Morgan fingerprint density at radius 3 is 2.21 bits per heavy atom. The van der Waals surface area contributed by atoms with E-state index in [2.05, 4.69) is 34.5 Å². The molecule has 1 N–H and O–H groups in total. The fourth-order valence-corrected chi connectivity index (χ4v) is 5.80. The molecule has 2 atom stereocenters. The van der Waals surface area contributed by atoms with Gasteiger partial charge in [-0.3, -0.25) is 4.90 Å². The van der Waals surface area contributed by atoms with Crippen molar-refractivity contribution in [2.24, 2.45) is 0 Å². The summed E-state index contributed by atoms with van der Waals surface area (Å²) in [4.78, 5) is 15.1. The number of carbonyl (C=O) groups is 1. The van der Waals surface area contributed by atoms with Crippen LogP contribution in [0.2, 0.25) is 0 Å². The van der Waals surface area contributed by atoms with Gasteiger partial charge in [0.15, 0.2) is 0 Å². The van der Waals surface area contributed by atoms with E-state index in [1.165, 1.54) is 22.3 Å². The van der Waals surface area contributed by atoms with Gasteiger partial charge in [0.1, 0.15) is 12.2 Å². The van der Waals surface area contributed by atoms with Crippen molar-refractivity contribution < 1.29 is 19.4 Å². The number of morpholine rings is 1. The van der Waals surface area contributed by atoms with Gasteiger partial charge >= 0.3 is 6.09 Å². The lowest BCUT2D eigenvalue weighted by Crippen LogP contribution is -2.62. The van der Waals surface area contributed by atoms with Crippen molar-refractivity contribution in [1.82, 2.24) is 15.1 Å². The van der Waals surface area contributed by atoms with Gasteiger partial charge < -0.3 is 14.6 Å². The van der Waals surface area contributed by atoms with Gasteiger partial charge in [-0.05, 0) is 41.3 Å². The number of hydrogen-bond donors (Lipinski definition) is 1. The molecule has 2 fully saturated rings. The summed E-state index contributed by atoms with van der Waals surface area (Å²) in [7, 11) is 0. The molecular weight excluding hydrogens is 430 g/mol. The number of fused-ring (bicyclic) bond motifs is 5. The highest BCUT2D eigenvalue weighted by Crippen LogP contribution is 2.45. The zero-order chi connectivity index (χ0) is 23.3. The summed E-state index contributed by atoms with van der Waals surface area (Å²) in [5.74, 6) is 0.0111. The van der Waals surface area contributed by atoms with Gasteiger partial charge in [-0.15, -0.1) is 0 Å². The maximum absolute atomic E-state index is 13.3. The third-order valence-electron chi connectivity index (χ3n) is 7.38. The highest BCUT2D eigenvalue weighted by Gasteiger charge is 2.50. The summed E-state index contributed by atoms with van der Waals surface area (Å²) in [5.41, 5.74) is 4.98. The molecule has 0 spiro atoms. The highest BCUT2D eigenvalue weighted by atomic mass is 16.6. The number of amides is 1. The largest absolute Gasteiger partial charge is 0.448 e. The van der Waals surface area contributed by atoms with Crippen molar-refractivity contribution in [2.45, 2.75) is 43.4 Å². The SMILES string of the molecule is Cc1ccc(C2(O)CC3COCC(C2)N3C(=O)OCC2c3ccccc3-c3ccccc32)nn1. The Kier molecular flexibility index (Phi) is 5.12. The average molecular weight is 458 g/mol. The average Bonchev–Trinajstić information content (AvgIpc) is 3.16. The molecule has 1 aromatic heterocycles. The molecule has 1 aliphatic carbocycles. The maximum Gasteiger partial charge on any atom is 0.410 e. The first-order valence-corrected chi connectivity index (χ1v) is 11.8. The molecule has 3 heterocycles. The molecule has 2 aromatic carbocycles. The lowest BCUT2D eigenvalue weighted by atomic mass is 9.79. The highest BCUT2D eigenvalue weighted by molar-refractivity contribution is 5.79. The molecule has 1 amide bonds. The standard InChI is InChI=1S/C27H27N3O4/c1-17-10-11-25(29-28-17)27(32)12-18-14-33-15-19(13-27)30(18)26(31)34-16-24-22-8-4-2-6-20(22)21-7-3-5-9-23(21)24/h2-11,18-19,24,32H,12-16H2,1H3. The molecule has 6 rings (SSSR count). The lowest BCUT2D eigenvalue weighted by molar-refractivity contribution is -0.138. The summed E-state index contributed by atoms with van der Waals surface area (Å²) >= 11 is 0. The van der Waals surface area contributed by atoms with E-state index in [9.17, 15) is 9.90 Å². The normalized spacial score (nSPS) is 25.5. The Hall–Kier alpha value is -3.29. The van der Waals surface area contributed by atoms with Crippen LogP contribution < -0.4 is 0 Å². The van der Waals surface area contributed by atoms with Crippen molar-refractivity contribution in [3.8, 4) is 11.1 Å². The maximum atomic E-state index is 13.3. The number of piperidine rings is 1. The first-order valence-electron chi connectivity index (χ1n) is 11.8. The van der Waals surface area contributed by atoms with Crippen LogP contribution in [0.5, 0.6) is 0 Å². The van der Waals surface area contributed by atoms with Crippen LogP contribution >= 0.6 is 0 Å². The van der Waals surface area contributed by atoms with E-state index >= 15 is 0 Å². The fraction of sp³-hybridized carbons (Fsp3) is 0.370. The van der Waals surface area contributed by atoms with Gasteiger partial charge in [-0.25, -0.2) is 4.79 Å². The van der Waals surface area contributed by atoms with Gasteiger partial charge in [-0.2, -0.15) is 10.2 Å². The predicted molar refractivity (Wildman–Crippen MR) is 125 cm³/mol. The Balaban J connectivity index is 1.20. The number of aliphatic hydroxyl groups is 1. The van der Waals surface area contributed by atoms with E-state index in [1.807, 2.05) is 43.3 Å². The van der Waals surface area contributed by atoms with Crippen LogP contribution in [0, 0.1) is 6.92 Å². The van der Waals surface area contributed by atoms with E-state index in [0.29, 0.717) is 31.7 Å². The molecule has 0 radical (unpaired) electrons. The first kappa shape index (κ1) is 21.3. The molecule has 3 aliphatic rings. The van der Waals surface area contributed by atoms with Gasteiger partial charge in [0.2, 0.25) is 0 Å². The van der Waals surface area contributed by atoms with Gasteiger partial charge in [0.05, 0.1) is 36.7 Å². The van der Waals surface area contributed by atoms with E-state index in [-0.39, 0.29) is 30.7 Å². The van der Waals surface area contributed by atoms with Crippen molar-refractivity contribution in [2.75, 3.05) is 19.8 Å². The third kappa shape index (κ3) is 3.47. The predicted octanol–water partition coefficient (Wildman–Crippen LogP) is 3.78. The van der Waals surface area contributed by atoms with Crippen LogP contribution in [0.25, 0.3) is 11.1 Å². The van der Waals surface area contributed by atoms with Gasteiger partial charge in [-0.1, -0.05) is 48.5 Å². The number of carbonyl (C=O) groups excluding carboxylic acids is 1. The number of benzene rings is 2. The molecule has 7 heteroatoms. The Bertz CT molecular complexity index is 1170.